The Kier molecular flexibility index (Phi) is 3.57. The zero-order valence-corrected chi connectivity index (χ0v) is 9.87. The van der Waals surface area contributed by atoms with Gasteiger partial charge in [-0.05, 0) is 25.1 Å². The molecule has 1 atom stereocenters. The third-order valence-electron chi connectivity index (χ3n) is 2.45. The molecule has 0 aliphatic heterocycles. The Morgan fingerprint density at radius 1 is 1.50 bits per heavy atom. The van der Waals surface area contributed by atoms with Crippen LogP contribution in [0.3, 0.4) is 0 Å². The Balaban J connectivity index is 2.07. The number of aromatic nitrogens is 1. The number of hydrogen-bond donors (Lipinski definition) is 1. The molecule has 2 aromatic heterocycles. The summed E-state index contributed by atoms with van der Waals surface area (Å²) in [5.41, 5.74) is -0.0243. The summed E-state index contributed by atoms with van der Waals surface area (Å²) in [5, 5.41) is 13.8. The molecule has 0 unspecified atom stereocenters. The zero-order chi connectivity index (χ0) is 13.0. The second-order valence-electron chi connectivity index (χ2n) is 3.96. The predicted molar refractivity (Wildman–Crippen MR) is 66.4 cm³/mol. The average Bonchev–Trinajstić information content (AvgIpc) is 2.82. The minimum Gasteiger partial charge on any atom is -0.469 e. The van der Waals surface area contributed by atoms with Gasteiger partial charge in [0.25, 0.3) is 0 Å². The molecule has 0 saturated carbocycles. The van der Waals surface area contributed by atoms with Gasteiger partial charge in [0.1, 0.15) is 5.76 Å². The molecular weight excluding hydrogens is 234 g/mol. The summed E-state index contributed by atoms with van der Waals surface area (Å²) in [4.78, 5) is 14.4. The first-order chi connectivity index (χ1) is 8.66. The number of furan rings is 1. The molecule has 18 heavy (non-hydrogen) atoms. The Labute approximate surface area is 104 Å². The van der Waals surface area contributed by atoms with Crippen molar-refractivity contribution in [3.8, 4) is 0 Å². The molecule has 2 aromatic rings. The van der Waals surface area contributed by atoms with Crippen molar-refractivity contribution in [3.05, 3.63) is 52.6 Å². The predicted octanol–water partition coefficient (Wildman–Crippen LogP) is 2.63. The first-order valence-electron chi connectivity index (χ1n) is 5.55. The molecule has 0 fully saturated rings. The highest BCUT2D eigenvalue weighted by Gasteiger charge is 2.16. The standard InChI is InChI=1S/C12H13N3O3/c1-9(8-10-4-3-7-18-10)14-12-11(15(16)17)5-2-6-13-12/h2-7,9H,8H2,1H3,(H,13,14)/t9-/m0/s1. The van der Waals surface area contributed by atoms with Gasteiger partial charge in [-0.15, -0.1) is 0 Å². The lowest BCUT2D eigenvalue weighted by Crippen LogP contribution is -2.19. The van der Waals surface area contributed by atoms with Crippen LogP contribution in [0.1, 0.15) is 12.7 Å². The fourth-order valence-electron chi connectivity index (χ4n) is 1.67. The molecule has 0 radical (unpaired) electrons. The largest absolute Gasteiger partial charge is 0.469 e. The molecule has 0 spiro atoms. The minimum atomic E-state index is -0.449. The lowest BCUT2D eigenvalue weighted by atomic mass is 10.2. The second-order valence-corrected chi connectivity index (χ2v) is 3.96. The molecule has 0 aliphatic carbocycles. The first-order valence-corrected chi connectivity index (χ1v) is 5.55. The van der Waals surface area contributed by atoms with Crippen molar-refractivity contribution in [2.24, 2.45) is 0 Å². The maximum Gasteiger partial charge on any atom is 0.311 e. The minimum absolute atomic E-state index is 0.00949. The first kappa shape index (κ1) is 12.1. The second kappa shape index (κ2) is 5.31. The highest BCUT2D eigenvalue weighted by molar-refractivity contribution is 5.55. The van der Waals surface area contributed by atoms with Crippen molar-refractivity contribution in [3.63, 3.8) is 0 Å². The number of nitro groups is 1. The molecule has 0 amide bonds. The summed E-state index contributed by atoms with van der Waals surface area (Å²) in [6, 6.07) is 6.64. The van der Waals surface area contributed by atoms with E-state index in [4.69, 9.17) is 4.42 Å². The fourth-order valence-corrected chi connectivity index (χ4v) is 1.67. The average molecular weight is 247 g/mol. The van der Waals surface area contributed by atoms with E-state index < -0.39 is 4.92 Å². The molecule has 1 N–H and O–H groups in total. The molecule has 6 nitrogen and oxygen atoms in total. The summed E-state index contributed by atoms with van der Waals surface area (Å²) >= 11 is 0. The van der Waals surface area contributed by atoms with E-state index in [1.54, 1.807) is 12.3 Å². The van der Waals surface area contributed by atoms with Crippen LogP contribution in [-0.2, 0) is 6.42 Å². The smallest absolute Gasteiger partial charge is 0.311 e. The van der Waals surface area contributed by atoms with Crippen molar-refractivity contribution in [2.45, 2.75) is 19.4 Å². The Morgan fingerprint density at radius 2 is 2.33 bits per heavy atom. The number of anilines is 1. The van der Waals surface area contributed by atoms with E-state index >= 15 is 0 Å². The molecule has 0 saturated heterocycles. The van der Waals surface area contributed by atoms with Gasteiger partial charge in [-0.25, -0.2) is 4.98 Å². The van der Waals surface area contributed by atoms with Crippen LogP contribution in [0.5, 0.6) is 0 Å². The van der Waals surface area contributed by atoms with E-state index in [-0.39, 0.29) is 17.5 Å². The van der Waals surface area contributed by atoms with Gasteiger partial charge < -0.3 is 9.73 Å². The van der Waals surface area contributed by atoms with Crippen LogP contribution in [0.2, 0.25) is 0 Å². The molecule has 94 valence electrons. The Hall–Kier alpha value is -2.37. The van der Waals surface area contributed by atoms with Gasteiger partial charge in [-0.1, -0.05) is 0 Å². The van der Waals surface area contributed by atoms with Crippen LogP contribution in [0.4, 0.5) is 11.5 Å². The number of pyridine rings is 1. The van der Waals surface area contributed by atoms with Crippen molar-refractivity contribution in [1.82, 2.24) is 4.98 Å². The highest BCUT2D eigenvalue weighted by Crippen LogP contribution is 2.21. The SMILES string of the molecule is C[C@@H](Cc1ccco1)Nc1ncccc1[N+](=O)[O-]. The lowest BCUT2D eigenvalue weighted by molar-refractivity contribution is -0.384. The van der Waals surface area contributed by atoms with E-state index in [1.165, 1.54) is 12.3 Å². The van der Waals surface area contributed by atoms with Gasteiger partial charge in [-0.3, -0.25) is 10.1 Å². The summed E-state index contributed by atoms with van der Waals surface area (Å²) in [6.45, 7) is 1.92. The van der Waals surface area contributed by atoms with Crippen LogP contribution in [-0.4, -0.2) is 15.9 Å². The van der Waals surface area contributed by atoms with Gasteiger partial charge in [0.2, 0.25) is 5.82 Å². The van der Waals surface area contributed by atoms with E-state index in [9.17, 15) is 10.1 Å². The third kappa shape index (κ3) is 2.85. The summed E-state index contributed by atoms with van der Waals surface area (Å²) in [6.07, 6.45) is 3.76. The van der Waals surface area contributed by atoms with Gasteiger partial charge >= 0.3 is 5.69 Å². The molecule has 2 heterocycles. The van der Waals surface area contributed by atoms with Crippen molar-refractivity contribution in [1.29, 1.82) is 0 Å². The number of nitrogens with zero attached hydrogens (tertiary/aromatic N) is 2. The van der Waals surface area contributed by atoms with E-state index in [0.29, 0.717) is 6.42 Å². The van der Waals surface area contributed by atoms with E-state index in [2.05, 4.69) is 10.3 Å². The third-order valence-corrected chi connectivity index (χ3v) is 2.45. The molecular formula is C12H13N3O3. The van der Waals surface area contributed by atoms with E-state index in [0.717, 1.165) is 5.76 Å². The zero-order valence-electron chi connectivity index (χ0n) is 9.87. The molecule has 0 bridgehead atoms. The van der Waals surface area contributed by atoms with Crippen molar-refractivity contribution in [2.75, 3.05) is 5.32 Å². The molecule has 0 aliphatic rings. The van der Waals surface area contributed by atoms with Crippen molar-refractivity contribution < 1.29 is 9.34 Å². The summed E-state index contributed by atoms with van der Waals surface area (Å²) in [5.74, 6) is 1.11. The van der Waals surface area contributed by atoms with Crippen LogP contribution in [0, 0.1) is 10.1 Å². The summed E-state index contributed by atoms with van der Waals surface area (Å²) in [7, 11) is 0. The Morgan fingerprint density at radius 3 is 3.00 bits per heavy atom. The van der Waals surface area contributed by atoms with Crippen molar-refractivity contribution >= 4 is 11.5 Å². The number of rotatable bonds is 5. The molecule has 2 rings (SSSR count). The maximum atomic E-state index is 10.8. The van der Waals surface area contributed by atoms with Gasteiger partial charge in [-0.2, -0.15) is 0 Å². The van der Waals surface area contributed by atoms with Crippen LogP contribution in [0.15, 0.2) is 41.1 Å². The van der Waals surface area contributed by atoms with Crippen LogP contribution in [0.25, 0.3) is 0 Å². The van der Waals surface area contributed by atoms with Crippen LogP contribution < -0.4 is 5.32 Å². The normalized spacial score (nSPS) is 12.1. The molecule has 0 aromatic carbocycles. The van der Waals surface area contributed by atoms with Gasteiger partial charge in [0, 0.05) is 24.7 Å². The highest BCUT2D eigenvalue weighted by atomic mass is 16.6. The fraction of sp³-hybridized carbons (Fsp3) is 0.250. The monoisotopic (exact) mass is 247 g/mol. The topological polar surface area (TPSA) is 81.2 Å². The number of hydrogen-bond acceptors (Lipinski definition) is 5. The van der Waals surface area contributed by atoms with E-state index in [1.807, 2.05) is 19.1 Å². The number of nitrogens with one attached hydrogen (secondary N) is 1. The molecule has 6 heteroatoms. The lowest BCUT2D eigenvalue weighted by Gasteiger charge is -2.12. The van der Waals surface area contributed by atoms with Crippen LogP contribution >= 0.6 is 0 Å². The Bertz CT molecular complexity index is 525. The quantitative estimate of drug-likeness (QED) is 0.648. The summed E-state index contributed by atoms with van der Waals surface area (Å²) < 4.78 is 5.23. The van der Waals surface area contributed by atoms with Gasteiger partial charge in [0.15, 0.2) is 0 Å². The van der Waals surface area contributed by atoms with Gasteiger partial charge in [0.05, 0.1) is 11.2 Å². The maximum absolute atomic E-state index is 10.8.